The lowest BCUT2D eigenvalue weighted by Crippen LogP contribution is -2.20. The van der Waals surface area contributed by atoms with Crippen molar-refractivity contribution in [3.8, 4) is 22.9 Å². The van der Waals surface area contributed by atoms with Crippen molar-refractivity contribution in [2.75, 3.05) is 20.0 Å². The Kier molecular flexibility index (Phi) is 7.39. The number of methoxy groups -OCH3 is 2. The van der Waals surface area contributed by atoms with Crippen LogP contribution in [0.1, 0.15) is 12.5 Å². The summed E-state index contributed by atoms with van der Waals surface area (Å²) in [7, 11) is 3.18. The van der Waals surface area contributed by atoms with Crippen LogP contribution < -0.4 is 14.9 Å². The number of hydrazone groups is 1. The molecular weight excluding hydrogens is 404 g/mol. The first-order chi connectivity index (χ1) is 14.7. The van der Waals surface area contributed by atoms with Crippen molar-refractivity contribution in [2.45, 2.75) is 18.6 Å². The van der Waals surface area contributed by atoms with E-state index >= 15 is 0 Å². The third kappa shape index (κ3) is 5.15. The summed E-state index contributed by atoms with van der Waals surface area (Å²) in [5.41, 5.74) is 4.20. The van der Waals surface area contributed by atoms with Crippen molar-refractivity contribution in [1.82, 2.24) is 25.2 Å². The Bertz CT molecular complexity index is 1020. The van der Waals surface area contributed by atoms with Gasteiger partial charge in [0.15, 0.2) is 22.5 Å². The number of amides is 1. The monoisotopic (exact) mass is 426 g/mol. The fourth-order valence-electron chi connectivity index (χ4n) is 2.66. The van der Waals surface area contributed by atoms with Crippen molar-refractivity contribution in [2.24, 2.45) is 5.10 Å². The summed E-state index contributed by atoms with van der Waals surface area (Å²) in [6.07, 6.45) is 4.88. The Morgan fingerprint density at radius 3 is 2.63 bits per heavy atom. The minimum atomic E-state index is -0.233. The van der Waals surface area contributed by atoms with E-state index in [1.807, 2.05) is 29.7 Å². The van der Waals surface area contributed by atoms with E-state index in [2.05, 4.69) is 25.7 Å². The molecule has 0 radical (unpaired) electrons. The molecule has 0 fully saturated rings. The first kappa shape index (κ1) is 21.3. The molecule has 1 N–H and O–H groups in total. The van der Waals surface area contributed by atoms with Gasteiger partial charge >= 0.3 is 0 Å². The zero-order chi connectivity index (χ0) is 21.3. The molecule has 3 rings (SSSR count). The van der Waals surface area contributed by atoms with E-state index in [1.54, 1.807) is 45.0 Å². The number of hydrogen-bond acceptors (Lipinski definition) is 8. The molecule has 0 saturated heterocycles. The van der Waals surface area contributed by atoms with E-state index in [1.165, 1.54) is 11.8 Å². The van der Waals surface area contributed by atoms with Crippen LogP contribution in [0, 0.1) is 0 Å². The molecule has 1 aromatic carbocycles. The maximum atomic E-state index is 12.1. The van der Waals surface area contributed by atoms with Crippen LogP contribution in [0.15, 0.2) is 53.0 Å². The van der Waals surface area contributed by atoms with Gasteiger partial charge in [0.25, 0.3) is 5.91 Å². The Labute approximate surface area is 178 Å². The zero-order valence-corrected chi connectivity index (χ0v) is 17.7. The largest absolute Gasteiger partial charge is 0.493 e. The van der Waals surface area contributed by atoms with Gasteiger partial charge in [-0.3, -0.25) is 9.78 Å². The average Bonchev–Trinajstić information content (AvgIpc) is 3.20. The molecule has 0 atom stereocenters. The van der Waals surface area contributed by atoms with Crippen LogP contribution in [0.2, 0.25) is 0 Å². The number of aromatic nitrogens is 4. The fraction of sp³-hybridized carbons (Fsp3) is 0.250. The van der Waals surface area contributed by atoms with Crippen LogP contribution in [0.3, 0.4) is 0 Å². The van der Waals surface area contributed by atoms with Gasteiger partial charge in [-0.25, -0.2) is 5.43 Å². The number of thioether (sulfide) groups is 1. The third-order valence-electron chi connectivity index (χ3n) is 4.12. The molecule has 0 aliphatic rings. The van der Waals surface area contributed by atoms with E-state index in [0.717, 1.165) is 11.1 Å². The molecule has 0 bridgehead atoms. The van der Waals surface area contributed by atoms with Gasteiger partial charge < -0.3 is 14.0 Å². The number of hydrogen-bond donors (Lipinski definition) is 1. The molecule has 0 saturated carbocycles. The van der Waals surface area contributed by atoms with Gasteiger partial charge in [0.05, 0.1) is 26.2 Å². The molecule has 156 valence electrons. The van der Waals surface area contributed by atoms with Crippen LogP contribution in [0.5, 0.6) is 11.5 Å². The molecule has 3 aromatic rings. The van der Waals surface area contributed by atoms with E-state index < -0.39 is 0 Å². The predicted molar refractivity (Wildman–Crippen MR) is 115 cm³/mol. The standard InChI is InChI=1S/C20H22N6O3S/c1-4-26-19(15-5-6-16(28-2)17(11-15)29-3)24-25-20(26)30-13-18(27)23-22-12-14-7-9-21-10-8-14/h5-12H,4,13H2,1-3H3,(H,23,27). The predicted octanol–water partition coefficient (Wildman–Crippen LogP) is 2.62. The van der Waals surface area contributed by atoms with Crippen molar-refractivity contribution in [3.05, 3.63) is 48.3 Å². The maximum absolute atomic E-state index is 12.1. The van der Waals surface area contributed by atoms with E-state index in [-0.39, 0.29) is 11.7 Å². The van der Waals surface area contributed by atoms with Gasteiger partial charge in [-0.1, -0.05) is 11.8 Å². The number of ether oxygens (including phenoxy) is 2. The van der Waals surface area contributed by atoms with Gasteiger partial charge in [0.2, 0.25) is 0 Å². The van der Waals surface area contributed by atoms with E-state index in [4.69, 9.17) is 9.47 Å². The summed E-state index contributed by atoms with van der Waals surface area (Å²) in [4.78, 5) is 16.0. The second-order valence-electron chi connectivity index (χ2n) is 5.98. The molecule has 2 heterocycles. The minimum Gasteiger partial charge on any atom is -0.493 e. The second-order valence-corrected chi connectivity index (χ2v) is 6.93. The summed E-state index contributed by atoms with van der Waals surface area (Å²) >= 11 is 1.30. The number of pyridine rings is 1. The maximum Gasteiger partial charge on any atom is 0.250 e. The highest BCUT2D eigenvalue weighted by molar-refractivity contribution is 7.99. The molecule has 0 aliphatic carbocycles. The second kappa shape index (κ2) is 10.4. The first-order valence-corrected chi connectivity index (χ1v) is 10.1. The van der Waals surface area contributed by atoms with Crippen molar-refractivity contribution >= 4 is 23.9 Å². The third-order valence-corrected chi connectivity index (χ3v) is 5.08. The SMILES string of the molecule is CCn1c(SCC(=O)NN=Cc2ccncc2)nnc1-c1ccc(OC)c(OC)c1. The van der Waals surface area contributed by atoms with E-state index in [9.17, 15) is 4.79 Å². The lowest BCUT2D eigenvalue weighted by atomic mass is 10.2. The smallest absolute Gasteiger partial charge is 0.250 e. The molecule has 1 amide bonds. The Morgan fingerprint density at radius 2 is 1.93 bits per heavy atom. The summed E-state index contributed by atoms with van der Waals surface area (Å²) < 4.78 is 12.6. The zero-order valence-electron chi connectivity index (χ0n) is 16.9. The van der Waals surface area contributed by atoms with Gasteiger partial charge in [-0.2, -0.15) is 5.10 Å². The van der Waals surface area contributed by atoms with Crippen molar-refractivity contribution in [3.63, 3.8) is 0 Å². The van der Waals surface area contributed by atoms with Crippen LogP contribution in [-0.2, 0) is 11.3 Å². The fourth-order valence-corrected chi connectivity index (χ4v) is 3.45. The molecule has 30 heavy (non-hydrogen) atoms. The van der Waals surface area contributed by atoms with Crippen LogP contribution in [0.4, 0.5) is 0 Å². The highest BCUT2D eigenvalue weighted by atomic mass is 32.2. The number of nitrogens with one attached hydrogen (secondary N) is 1. The quantitative estimate of drug-likeness (QED) is 0.319. The number of nitrogens with zero attached hydrogens (tertiary/aromatic N) is 5. The Balaban J connectivity index is 1.66. The minimum absolute atomic E-state index is 0.164. The summed E-state index contributed by atoms with van der Waals surface area (Å²) in [6, 6.07) is 9.16. The van der Waals surface area contributed by atoms with Crippen LogP contribution >= 0.6 is 11.8 Å². The lowest BCUT2D eigenvalue weighted by molar-refractivity contribution is -0.118. The molecule has 0 unspecified atom stereocenters. The van der Waals surface area contributed by atoms with Gasteiger partial charge in [0.1, 0.15) is 0 Å². The number of carbonyl (C=O) groups is 1. The average molecular weight is 427 g/mol. The number of carbonyl (C=O) groups excluding carboxylic acids is 1. The summed E-state index contributed by atoms with van der Waals surface area (Å²) in [6.45, 7) is 2.65. The normalized spacial score (nSPS) is 10.9. The molecule has 2 aromatic heterocycles. The topological polar surface area (TPSA) is 104 Å². The van der Waals surface area contributed by atoms with Crippen LogP contribution in [-0.4, -0.2) is 51.8 Å². The highest BCUT2D eigenvalue weighted by Crippen LogP contribution is 2.32. The summed E-state index contributed by atoms with van der Waals surface area (Å²) in [5.74, 6) is 1.88. The Morgan fingerprint density at radius 1 is 1.17 bits per heavy atom. The van der Waals surface area contributed by atoms with Crippen LogP contribution in [0.25, 0.3) is 11.4 Å². The van der Waals surface area contributed by atoms with Crippen molar-refractivity contribution < 1.29 is 14.3 Å². The highest BCUT2D eigenvalue weighted by Gasteiger charge is 2.16. The number of benzene rings is 1. The van der Waals surface area contributed by atoms with Gasteiger partial charge in [0, 0.05) is 24.5 Å². The van der Waals surface area contributed by atoms with E-state index in [0.29, 0.717) is 29.0 Å². The van der Waals surface area contributed by atoms with Gasteiger partial charge in [-0.15, -0.1) is 10.2 Å². The molecule has 9 nitrogen and oxygen atoms in total. The molecular formula is C20H22N6O3S. The van der Waals surface area contributed by atoms with Gasteiger partial charge in [-0.05, 0) is 42.8 Å². The lowest BCUT2D eigenvalue weighted by Gasteiger charge is -2.10. The summed E-state index contributed by atoms with van der Waals surface area (Å²) in [5, 5.41) is 13.1. The molecule has 10 heteroatoms. The Hall–Kier alpha value is -3.40. The molecule has 0 spiro atoms. The molecule has 0 aliphatic heterocycles. The number of rotatable bonds is 9. The first-order valence-electron chi connectivity index (χ1n) is 9.16. The van der Waals surface area contributed by atoms with Crippen molar-refractivity contribution in [1.29, 1.82) is 0 Å².